The van der Waals surface area contributed by atoms with Gasteiger partial charge in [0.1, 0.15) is 6.04 Å². The summed E-state index contributed by atoms with van der Waals surface area (Å²) in [7, 11) is 0. The second-order valence-corrected chi connectivity index (χ2v) is 4.86. The Labute approximate surface area is 112 Å². The molecule has 0 aliphatic carbocycles. The van der Waals surface area contributed by atoms with Crippen molar-refractivity contribution in [2.75, 3.05) is 39.4 Å². The molecule has 7 nitrogen and oxygen atoms in total. The number of amides is 2. The van der Waals surface area contributed by atoms with Crippen molar-refractivity contribution in [3.63, 3.8) is 0 Å². The number of piperazine rings is 1. The third-order valence-electron chi connectivity index (χ3n) is 3.51. The number of likely N-dealkylation sites (tertiary alicyclic amines) is 1. The molecule has 2 heterocycles. The van der Waals surface area contributed by atoms with Gasteiger partial charge in [-0.25, -0.2) is 0 Å². The Bertz CT molecular complexity index is 319. The number of nitrogens with zero attached hydrogens (tertiary/aromatic N) is 1. The van der Waals surface area contributed by atoms with Crippen molar-refractivity contribution in [2.24, 2.45) is 0 Å². The van der Waals surface area contributed by atoms with Crippen molar-refractivity contribution in [1.82, 2.24) is 15.5 Å². The number of aliphatic hydroxyl groups is 1. The van der Waals surface area contributed by atoms with Gasteiger partial charge in [0, 0.05) is 19.6 Å². The topological polar surface area (TPSA) is 90.9 Å². The maximum Gasteiger partial charge on any atom is 0.241 e. The van der Waals surface area contributed by atoms with E-state index in [2.05, 4.69) is 10.6 Å². The van der Waals surface area contributed by atoms with Crippen LogP contribution in [0.2, 0.25) is 0 Å². The first-order chi connectivity index (χ1) is 9.20. The predicted octanol–water partition coefficient (Wildman–Crippen LogP) is -1.93. The summed E-state index contributed by atoms with van der Waals surface area (Å²) in [6.45, 7) is 2.28. The number of hydrogen-bond acceptors (Lipinski definition) is 5. The Kier molecular flexibility index (Phi) is 5.12. The van der Waals surface area contributed by atoms with E-state index < -0.39 is 0 Å². The van der Waals surface area contributed by atoms with E-state index in [1.165, 1.54) is 0 Å². The van der Waals surface area contributed by atoms with E-state index in [0.29, 0.717) is 26.2 Å². The Morgan fingerprint density at radius 1 is 1.42 bits per heavy atom. The first-order valence-corrected chi connectivity index (χ1v) is 6.72. The summed E-state index contributed by atoms with van der Waals surface area (Å²) in [5.74, 6) is -0.0271. The molecule has 2 amide bonds. The molecular weight excluding hydrogens is 250 g/mol. The van der Waals surface area contributed by atoms with Crippen molar-refractivity contribution in [3.8, 4) is 0 Å². The van der Waals surface area contributed by atoms with E-state index in [1.54, 1.807) is 0 Å². The molecule has 0 aromatic rings. The van der Waals surface area contributed by atoms with Gasteiger partial charge in [0.25, 0.3) is 0 Å². The predicted molar refractivity (Wildman–Crippen MR) is 67.4 cm³/mol. The molecule has 0 saturated carbocycles. The van der Waals surface area contributed by atoms with E-state index in [9.17, 15) is 9.59 Å². The number of nitrogens with one attached hydrogen (secondary N) is 2. The Balaban J connectivity index is 1.74. The van der Waals surface area contributed by atoms with Gasteiger partial charge in [-0.3, -0.25) is 14.9 Å². The van der Waals surface area contributed by atoms with Crippen molar-refractivity contribution in [3.05, 3.63) is 0 Å². The van der Waals surface area contributed by atoms with E-state index in [1.807, 2.05) is 4.90 Å². The largest absolute Gasteiger partial charge is 0.394 e. The van der Waals surface area contributed by atoms with Gasteiger partial charge in [-0.15, -0.1) is 0 Å². The zero-order valence-corrected chi connectivity index (χ0v) is 10.9. The Hall–Kier alpha value is -1.18. The minimum atomic E-state index is -0.312. The summed E-state index contributed by atoms with van der Waals surface area (Å²) in [4.78, 5) is 25.0. The van der Waals surface area contributed by atoms with Crippen LogP contribution >= 0.6 is 0 Å². The number of carbonyl (C=O) groups is 2. The van der Waals surface area contributed by atoms with Crippen LogP contribution in [0.4, 0.5) is 0 Å². The molecule has 19 heavy (non-hydrogen) atoms. The fourth-order valence-corrected chi connectivity index (χ4v) is 2.42. The summed E-state index contributed by atoms with van der Waals surface area (Å²) in [6, 6.07) is -0.312. The highest BCUT2D eigenvalue weighted by atomic mass is 16.5. The van der Waals surface area contributed by atoms with E-state index in [-0.39, 0.29) is 37.1 Å². The maximum absolute atomic E-state index is 12.2. The van der Waals surface area contributed by atoms with Crippen molar-refractivity contribution >= 4 is 11.8 Å². The van der Waals surface area contributed by atoms with Crippen LogP contribution in [0.15, 0.2) is 0 Å². The average Bonchev–Trinajstić information content (AvgIpc) is 2.46. The molecule has 2 saturated heterocycles. The molecule has 7 heteroatoms. The van der Waals surface area contributed by atoms with Crippen LogP contribution in [-0.2, 0) is 14.3 Å². The molecule has 0 spiro atoms. The van der Waals surface area contributed by atoms with Crippen LogP contribution < -0.4 is 10.6 Å². The van der Waals surface area contributed by atoms with Gasteiger partial charge in [-0.2, -0.15) is 0 Å². The second-order valence-electron chi connectivity index (χ2n) is 4.86. The number of aliphatic hydroxyl groups excluding tert-OH is 1. The molecule has 108 valence electrons. The molecule has 0 aromatic heterocycles. The zero-order valence-electron chi connectivity index (χ0n) is 10.9. The monoisotopic (exact) mass is 271 g/mol. The molecule has 2 aliphatic heterocycles. The van der Waals surface area contributed by atoms with Gasteiger partial charge >= 0.3 is 0 Å². The van der Waals surface area contributed by atoms with Gasteiger partial charge in [0.15, 0.2) is 0 Å². The molecule has 1 atom stereocenters. The second kappa shape index (κ2) is 6.83. The van der Waals surface area contributed by atoms with Crippen LogP contribution in [-0.4, -0.2) is 73.4 Å². The van der Waals surface area contributed by atoms with Gasteiger partial charge < -0.3 is 20.1 Å². The number of hydrogen-bond donors (Lipinski definition) is 3. The van der Waals surface area contributed by atoms with Crippen LogP contribution in [0.3, 0.4) is 0 Å². The van der Waals surface area contributed by atoms with E-state index in [0.717, 1.165) is 12.8 Å². The van der Waals surface area contributed by atoms with Crippen molar-refractivity contribution in [1.29, 1.82) is 0 Å². The quantitative estimate of drug-likeness (QED) is 0.554. The molecule has 2 rings (SSSR count). The number of carbonyl (C=O) groups excluding carboxylic acids is 2. The van der Waals surface area contributed by atoms with Gasteiger partial charge in [0.05, 0.1) is 25.9 Å². The summed E-state index contributed by atoms with van der Waals surface area (Å²) in [5, 5.41) is 14.3. The lowest BCUT2D eigenvalue weighted by molar-refractivity contribution is -0.137. The molecule has 0 bridgehead atoms. The van der Waals surface area contributed by atoms with Crippen molar-refractivity contribution in [2.45, 2.75) is 25.0 Å². The smallest absolute Gasteiger partial charge is 0.241 e. The average molecular weight is 271 g/mol. The molecule has 2 fully saturated rings. The van der Waals surface area contributed by atoms with Gasteiger partial charge in [-0.05, 0) is 12.8 Å². The normalized spacial score (nSPS) is 25.2. The Morgan fingerprint density at radius 3 is 2.74 bits per heavy atom. The third kappa shape index (κ3) is 3.89. The Morgan fingerprint density at radius 2 is 2.16 bits per heavy atom. The van der Waals surface area contributed by atoms with Crippen molar-refractivity contribution < 1.29 is 19.4 Å². The fraction of sp³-hybridized carbons (Fsp3) is 0.833. The van der Waals surface area contributed by atoms with E-state index in [4.69, 9.17) is 9.84 Å². The lowest BCUT2D eigenvalue weighted by Gasteiger charge is -2.35. The minimum Gasteiger partial charge on any atom is -0.394 e. The summed E-state index contributed by atoms with van der Waals surface area (Å²) in [6.07, 6.45) is 1.73. The summed E-state index contributed by atoms with van der Waals surface area (Å²) >= 11 is 0. The number of rotatable bonds is 4. The van der Waals surface area contributed by atoms with Gasteiger partial charge in [-0.1, -0.05) is 0 Å². The standard InChI is InChI=1S/C12H21N3O4/c16-5-6-19-9-1-3-15(4-2-9)12(18)10-7-14-11(17)8-13-10/h9-10,13,16H,1-8H2,(H,14,17). The maximum atomic E-state index is 12.2. The highest BCUT2D eigenvalue weighted by Crippen LogP contribution is 2.14. The molecule has 0 radical (unpaired) electrons. The number of piperidine rings is 1. The molecule has 2 aliphatic rings. The lowest BCUT2D eigenvalue weighted by atomic mass is 10.1. The minimum absolute atomic E-state index is 0.0326. The van der Waals surface area contributed by atoms with Gasteiger partial charge in [0.2, 0.25) is 11.8 Å². The van der Waals surface area contributed by atoms with Crippen LogP contribution in [0.25, 0.3) is 0 Å². The van der Waals surface area contributed by atoms with Crippen LogP contribution in [0.5, 0.6) is 0 Å². The third-order valence-corrected chi connectivity index (χ3v) is 3.51. The highest BCUT2D eigenvalue weighted by molar-refractivity contribution is 5.86. The lowest BCUT2D eigenvalue weighted by Crippen LogP contribution is -2.59. The molecule has 1 unspecified atom stereocenters. The highest BCUT2D eigenvalue weighted by Gasteiger charge is 2.30. The zero-order chi connectivity index (χ0) is 13.7. The van der Waals surface area contributed by atoms with Crippen LogP contribution in [0.1, 0.15) is 12.8 Å². The van der Waals surface area contributed by atoms with Crippen LogP contribution in [0, 0.1) is 0 Å². The fourth-order valence-electron chi connectivity index (χ4n) is 2.42. The molecule has 3 N–H and O–H groups in total. The molecular formula is C12H21N3O4. The number of ether oxygens (including phenoxy) is 1. The first kappa shape index (κ1) is 14.2. The summed E-state index contributed by atoms with van der Waals surface area (Å²) < 4.78 is 5.46. The summed E-state index contributed by atoms with van der Waals surface area (Å²) in [5.41, 5.74) is 0. The molecule has 0 aromatic carbocycles. The first-order valence-electron chi connectivity index (χ1n) is 6.72. The van der Waals surface area contributed by atoms with E-state index >= 15 is 0 Å². The SMILES string of the molecule is O=C1CNC(C(=O)N2CCC(OCCO)CC2)CN1.